The van der Waals surface area contributed by atoms with E-state index in [4.69, 9.17) is 19.9 Å². The second-order valence-corrected chi connectivity index (χ2v) is 11.0. The van der Waals surface area contributed by atoms with Crippen molar-refractivity contribution < 1.29 is 14.2 Å². The minimum Gasteiger partial charge on any atom is -0.382 e. The lowest BCUT2D eigenvalue weighted by atomic mass is 10.1. The lowest BCUT2D eigenvalue weighted by Crippen LogP contribution is -2.38. The molecule has 0 bridgehead atoms. The number of hydrogen-bond donors (Lipinski definition) is 1. The molecule has 1 saturated heterocycles. The Morgan fingerprint density at radius 2 is 1.27 bits per heavy atom. The van der Waals surface area contributed by atoms with Gasteiger partial charge in [-0.2, -0.15) is 0 Å². The van der Waals surface area contributed by atoms with Gasteiger partial charge < -0.3 is 19.9 Å². The van der Waals surface area contributed by atoms with Gasteiger partial charge in [0.05, 0.1) is 38.0 Å². The van der Waals surface area contributed by atoms with E-state index in [-0.39, 0.29) is 22.8 Å². The largest absolute Gasteiger partial charge is 0.382 e. The third-order valence-electron chi connectivity index (χ3n) is 6.91. The fourth-order valence-corrected chi connectivity index (χ4v) is 6.50. The highest BCUT2D eigenvalue weighted by molar-refractivity contribution is 8.00. The monoisotopic (exact) mass is 553 g/mol. The van der Waals surface area contributed by atoms with E-state index >= 15 is 0 Å². The van der Waals surface area contributed by atoms with Crippen molar-refractivity contribution in [1.29, 1.82) is 0 Å². The number of fused-ring (bicyclic) bond motifs is 1. The van der Waals surface area contributed by atoms with Crippen LogP contribution < -0.4 is 5.73 Å². The SMILES string of the molecule is Nc1ncnc2c1ncn2C1S[C@@H](COCc2ccccc2)[C@H](OCc2ccccc2)[C@H]1OCc1ccccc1. The number of thioether (sulfide) groups is 1. The van der Waals surface area contributed by atoms with Crippen molar-refractivity contribution in [2.45, 2.75) is 42.7 Å². The quantitative estimate of drug-likeness (QED) is 0.232. The first-order chi connectivity index (χ1) is 19.8. The molecule has 4 atom stereocenters. The maximum atomic E-state index is 6.68. The van der Waals surface area contributed by atoms with Gasteiger partial charge in [-0.25, -0.2) is 15.0 Å². The Hall–Kier alpha value is -3.76. The van der Waals surface area contributed by atoms with E-state index in [1.54, 1.807) is 18.1 Å². The van der Waals surface area contributed by atoms with Crippen molar-refractivity contribution in [1.82, 2.24) is 19.5 Å². The van der Waals surface area contributed by atoms with Crippen molar-refractivity contribution in [3.05, 3.63) is 120 Å². The van der Waals surface area contributed by atoms with Crippen LogP contribution in [0.5, 0.6) is 0 Å². The first-order valence-corrected chi connectivity index (χ1v) is 14.2. The van der Waals surface area contributed by atoms with E-state index in [0.29, 0.717) is 43.4 Å². The number of anilines is 1. The highest BCUT2D eigenvalue weighted by atomic mass is 32.2. The Balaban J connectivity index is 1.29. The Bertz CT molecular complexity index is 1500. The fraction of sp³-hybridized carbons (Fsp3) is 0.258. The summed E-state index contributed by atoms with van der Waals surface area (Å²) in [6, 6.07) is 30.6. The summed E-state index contributed by atoms with van der Waals surface area (Å²) < 4.78 is 21.6. The predicted octanol–water partition coefficient (Wildman–Crippen LogP) is 5.41. The first-order valence-electron chi connectivity index (χ1n) is 13.3. The molecule has 204 valence electrons. The minimum atomic E-state index is -0.298. The Morgan fingerprint density at radius 3 is 1.90 bits per heavy atom. The number of hydrogen-bond acceptors (Lipinski definition) is 8. The summed E-state index contributed by atoms with van der Waals surface area (Å²) >= 11 is 1.76. The van der Waals surface area contributed by atoms with Crippen LogP contribution in [0.15, 0.2) is 104 Å². The van der Waals surface area contributed by atoms with Gasteiger partial charge in [0.1, 0.15) is 29.4 Å². The van der Waals surface area contributed by atoms with Crippen molar-refractivity contribution in [3.8, 4) is 0 Å². The molecular formula is C31H31N5O3S. The minimum absolute atomic E-state index is 0.00910. The van der Waals surface area contributed by atoms with Crippen molar-refractivity contribution in [2.24, 2.45) is 0 Å². The molecule has 5 aromatic rings. The summed E-state index contributed by atoms with van der Waals surface area (Å²) in [5.74, 6) is 0.355. The molecule has 8 nitrogen and oxygen atoms in total. The van der Waals surface area contributed by atoms with Gasteiger partial charge in [0, 0.05) is 0 Å². The lowest BCUT2D eigenvalue weighted by molar-refractivity contribution is -0.0913. The Kier molecular flexibility index (Phi) is 8.34. The van der Waals surface area contributed by atoms with Gasteiger partial charge in [-0.1, -0.05) is 91.0 Å². The number of benzene rings is 3. The highest BCUT2D eigenvalue weighted by Gasteiger charge is 2.47. The molecule has 0 amide bonds. The molecule has 0 radical (unpaired) electrons. The molecule has 2 N–H and O–H groups in total. The van der Waals surface area contributed by atoms with Crippen LogP contribution in [0.25, 0.3) is 11.2 Å². The lowest BCUT2D eigenvalue weighted by Gasteiger charge is -2.27. The topological polar surface area (TPSA) is 97.3 Å². The second kappa shape index (κ2) is 12.6. The van der Waals surface area contributed by atoms with E-state index < -0.39 is 0 Å². The standard InChI is InChI=1S/C31H31N5O3S/c32-29-26-30(34-20-33-29)36(21-35-26)31-28(39-18-24-14-8-3-9-15-24)27(38-17-23-12-6-2-7-13-23)25(40-31)19-37-16-22-10-4-1-5-11-22/h1-15,20-21,25,27-28,31H,16-19H2,(H2,32,33,34)/t25-,27-,28+,31?/m0/s1. The van der Waals surface area contributed by atoms with Gasteiger partial charge >= 0.3 is 0 Å². The van der Waals surface area contributed by atoms with E-state index in [1.807, 2.05) is 59.2 Å². The van der Waals surface area contributed by atoms with E-state index in [1.165, 1.54) is 6.33 Å². The molecule has 3 heterocycles. The number of nitrogens with two attached hydrogens (primary N) is 1. The van der Waals surface area contributed by atoms with Gasteiger partial charge in [0.15, 0.2) is 11.5 Å². The first kappa shape index (κ1) is 26.5. The van der Waals surface area contributed by atoms with Crippen LogP contribution in [0.4, 0.5) is 5.82 Å². The molecular weight excluding hydrogens is 522 g/mol. The summed E-state index contributed by atoms with van der Waals surface area (Å²) in [5.41, 5.74) is 10.7. The third-order valence-corrected chi connectivity index (χ3v) is 8.44. The number of aromatic nitrogens is 4. The fourth-order valence-electron chi connectivity index (χ4n) is 4.90. The second-order valence-electron chi connectivity index (χ2n) is 9.67. The van der Waals surface area contributed by atoms with Gasteiger partial charge in [-0.05, 0) is 16.7 Å². The molecule has 9 heteroatoms. The predicted molar refractivity (Wildman–Crippen MR) is 156 cm³/mol. The average Bonchev–Trinajstić information content (AvgIpc) is 3.58. The van der Waals surface area contributed by atoms with Crippen LogP contribution in [0.2, 0.25) is 0 Å². The third kappa shape index (κ3) is 6.03. The van der Waals surface area contributed by atoms with E-state index in [2.05, 4.69) is 51.4 Å². The zero-order valence-corrected chi connectivity index (χ0v) is 22.8. The van der Waals surface area contributed by atoms with E-state index in [9.17, 15) is 0 Å². The number of rotatable bonds is 11. The summed E-state index contributed by atoms with van der Waals surface area (Å²) in [4.78, 5) is 13.2. The summed E-state index contributed by atoms with van der Waals surface area (Å²) in [5, 5.41) is -0.149. The van der Waals surface area contributed by atoms with E-state index in [0.717, 1.165) is 16.7 Å². The van der Waals surface area contributed by atoms with Gasteiger partial charge in [0.2, 0.25) is 0 Å². The summed E-state index contributed by atoms with van der Waals surface area (Å²) in [6.07, 6.45) is 2.70. The molecule has 1 aliphatic heterocycles. The van der Waals surface area contributed by atoms with Gasteiger partial charge in [-0.15, -0.1) is 11.8 Å². The zero-order valence-electron chi connectivity index (χ0n) is 22.0. The van der Waals surface area contributed by atoms with Crippen LogP contribution in [0.1, 0.15) is 22.1 Å². The normalized spacial score (nSPS) is 20.7. The zero-order chi connectivity index (χ0) is 27.1. The molecule has 3 aromatic carbocycles. The van der Waals surface area contributed by atoms with Gasteiger partial charge in [0.25, 0.3) is 0 Å². The maximum absolute atomic E-state index is 6.68. The average molecular weight is 554 g/mol. The van der Waals surface area contributed by atoms with Crippen LogP contribution in [0.3, 0.4) is 0 Å². The molecule has 2 aromatic heterocycles. The molecule has 0 spiro atoms. The summed E-state index contributed by atoms with van der Waals surface area (Å²) in [7, 11) is 0. The molecule has 1 fully saturated rings. The number of imidazole rings is 1. The molecule has 40 heavy (non-hydrogen) atoms. The molecule has 0 saturated carbocycles. The van der Waals surface area contributed by atoms with Crippen molar-refractivity contribution >= 4 is 28.7 Å². The maximum Gasteiger partial charge on any atom is 0.166 e. The molecule has 6 rings (SSSR count). The number of nitrogen functional groups attached to an aromatic ring is 1. The highest BCUT2D eigenvalue weighted by Crippen LogP contribution is 2.46. The van der Waals surface area contributed by atoms with Gasteiger partial charge in [-0.3, -0.25) is 4.57 Å². The Labute approximate surface area is 237 Å². The van der Waals surface area contributed by atoms with Crippen LogP contribution in [-0.2, 0) is 34.0 Å². The molecule has 1 aliphatic rings. The smallest absolute Gasteiger partial charge is 0.166 e. The van der Waals surface area contributed by atoms with Crippen molar-refractivity contribution in [2.75, 3.05) is 12.3 Å². The summed E-state index contributed by atoms with van der Waals surface area (Å²) in [6.45, 7) is 1.96. The number of ether oxygens (including phenoxy) is 3. The van der Waals surface area contributed by atoms with Crippen LogP contribution >= 0.6 is 11.8 Å². The molecule has 0 aliphatic carbocycles. The van der Waals surface area contributed by atoms with Crippen LogP contribution in [0, 0.1) is 0 Å². The van der Waals surface area contributed by atoms with Crippen molar-refractivity contribution in [3.63, 3.8) is 0 Å². The molecule has 1 unspecified atom stereocenters. The number of nitrogens with zero attached hydrogens (tertiary/aromatic N) is 4. The van der Waals surface area contributed by atoms with Crippen LogP contribution in [-0.4, -0.2) is 43.6 Å². The Morgan fingerprint density at radius 1 is 0.700 bits per heavy atom.